The molecule has 4 saturated heterocycles. The Morgan fingerprint density at radius 2 is 0.897 bits per heavy atom. The van der Waals surface area contributed by atoms with Gasteiger partial charge in [-0.1, -0.05) is 60.7 Å². The first-order valence-electron chi connectivity index (χ1n) is 15.3. The van der Waals surface area contributed by atoms with Crippen LogP contribution in [0.15, 0.2) is 60.7 Å². The lowest BCUT2D eigenvalue weighted by Gasteiger charge is -2.58. The van der Waals surface area contributed by atoms with Crippen molar-refractivity contribution in [1.82, 2.24) is 9.80 Å². The molecule has 4 fully saturated rings. The van der Waals surface area contributed by atoms with E-state index in [1.165, 1.54) is 104 Å². The molecule has 4 bridgehead atoms. The van der Waals surface area contributed by atoms with E-state index in [2.05, 4.69) is 84.6 Å². The van der Waals surface area contributed by atoms with Gasteiger partial charge in [0.1, 0.15) is 24.2 Å². The van der Waals surface area contributed by atoms with Crippen LogP contribution in [0, 0.1) is 0 Å². The molecule has 39 heavy (non-hydrogen) atoms. The molecule has 6 rings (SSSR count). The maximum atomic E-state index is 2.77. The average Bonchev–Trinajstić information content (AvgIpc) is 2.87. The summed E-state index contributed by atoms with van der Waals surface area (Å²) in [6.07, 6.45) is 9.96. The van der Waals surface area contributed by atoms with Crippen molar-refractivity contribution in [2.45, 2.75) is 82.2 Å². The molecule has 4 heterocycles. The number of likely N-dealkylation sites (N-methyl/N-ethyl adjacent to an activating group) is 2. The van der Waals surface area contributed by atoms with Gasteiger partial charge in [0.2, 0.25) is 0 Å². The largest absolute Gasteiger partial charge is 1.00 e. The standard InChI is InChI=1S/C33H50N4.2HI/c1-36(30-16-9-17-31(36)25-34(24-30)22-28-12-5-3-6-13-28)20-11-21-37(2)32-18-10-19-33(37)27-35(26-32)23-29-14-7-4-8-15-29;;/h3-8,12-15,30-33H,9-11,16-27H2,1-2H3;2*1H/q+2;;/p-2. The van der Waals surface area contributed by atoms with Crippen LogP contribution in [0.25, 0.3) is 0 Å². The highest BCUT2D eigenvalue weighted by Crippen LogP contribution is 2.38. The number of hydrogen-bond donors (Lipinski definition) is 0. The van der Waals surface area contributed by atoms with E-state index < -0.39 is 0 Å². The van der Waals surface area contributed by atoms with Gasteiger partial charge in [-0.2, -0.15) is 0 Å². The van der Waals surface area contributed by atoms with Crippen LogP contribution in [-0.2, 0) is 13.1 Å². The van der Waals surface area contributed by atoms with E-state index in [4.69, 9.17) is 0 Å². The maximum Gasteiger partial charge on any atom is 0.102 e. The molecule has 6 heteroatoms. The first-order chi connectivity index (χ1) is 18.0. The summed E-state index contributed by atoms with van der Waals surface area (Å²) in [5.41, 5.74) is 2.96. The minimum absolute atomic E-state index is 0. The third-order valence-corrected chi connectivity index (χ3v) is 11.1. The van der Waals surface area contributed by atoms with Gasteiger partial charge in [-0.3, -0.25) is 9.80 Å². The van der Waals surface area contributed by atoms with E-state index in [0.717, 1.165) is 37.3 Å². The monoisotopic (exact) mass is 756 g/mol. The summed E-state index contributed by atoms with van der Waals surface area (Å²) in [7, 11) is 5.26. The predicted octanol–water partition coefficient (Wildman–Crippen LogP) is -0.848. The number of piperidine rings is 2. The van der Waals surface area contributed by atoms with Crippen LogP contribution in [-0.4, -0.2) is 96.3 Å². The number of hydrogen-bond acceptors (Lipinski definition) is 2. The Morgan fingerprint density at radius 1 is 0.564 bits per heavy atom. The van der Waals surface area contributed by atoms with Crippen molar-refractivity contribution in [1.29, 1.82) is 0 Å². The van der Waals surface area contributed by atoms with E-state index in [1.54, 1.807) is 0 Å². The van der Waals surface area contributed by atoms with Gasteiger partial charge in [-0.15, -0.1) is 0 Å². The van der Waals surface area contributed by atoms with Crippen LogP contribution in [0.1, 0.15) is 56.1 Å². The van der Waals surface area contributed by atoms with Crippen LogP contribution < -0.4 is 48.0 Å². The lowest BCUT2D eigenvalue weighted by molar-refractivity contribution is -0.982. The maximum absolute atomic E-state index is 2.77. The number of halogens is 2. The fraction of sp³-hybridized carbons (Fsp3) is 0.636. The van der Waals surface area contributed by atoms with Crippen LogP contribution in [0.2, 0.25) is 0 Å². The molecule has 4 atom stereocenters. The molecule has 4 unspecified atom stereocenters. The zero-order valence-corrected chi connectivity index (χ0v) is 28.5. The molecule has 2 aromatic carbocycles. The van der Waals surface area contributed by atoms with Crippen molar-refractivity contribution >= 4 is 0 Å². The van der Waals surface area contributed by atoms with Gasteiger partial charge in [0.05, 0.1) is 53.4 Å². The Hall–Kier alpha value is -0.260. The van der Waals surface area contributed by atoms with Gasteiger partial charge in [-0.05, 0) is 24.0 Å². The normalized spacial score (nSPS) is 34.5. The summed E-state index contributed by atoms with van der Waals surface area (Å²) < 4.78 is 2.70. The number of fused-ring (bicyclic) bond motifs is 4. The first kappa shape index (κ1) is 31.7. The van der Waals surface area contributed by atoms with Crippen molar-refractivity contribution < 1.29 is 56.9 Å². The van der Waals surface area contributed by atoms with Crippen LogP contribution >= 0.6 is 0 Å². The average molecular weight is 757 g/mol. The summed E-state index contributed by atoms with van der Waals surface area (Å²) in [4.78, 5) is 5.54. The number of nitrogens with zero attached hydrogens (tertiary/aromatic N) is 4. The van der Waals surface area contributed by atoms with E-state index in [0.29, 0.717) is 0 Å². The van der Waals surface area contributed by atoms with Crippen molar-refractivity contribution in [3.63, 3.8) is 0 Å². The van der Waals surface area contributed by atoms with Crippen LogP contribution in [0.3, 0.4) is 0 Å². The van der Waals surface area contributed by atoms with Gasteiger partial charge < -0.3 is 56.9 Å². The smallest absolute Gasteiger partial charge is 0.102 e. The number of benzene rings is 2. The number of rotatable bonds is 8. The Morgan fingerprint density at radius 3 is 1.23 bits per heavy atom. The molecule has 216 valence electrons. The molecule has 0 N–H and O–H groups in total. The number of likely N-dealkylation sites (tertiary alicyclic amines) is 2. The second kappa shape index (κ2) is 13.8. The highest BCUT2D eigenvalue weighted by atomic mass is 127. The summed E-state index contributed by atoms with van der Waals surface area (Å²) in [5.74, 6) is 0. The fourth-order valence-corrected chi connectivity index (χ4v) is 8.83. The fourth-order valence-electron chi connectivity index (χ4n) is 8.83. The quantitative estimate of drug-likeness (QED) is 0.256. The lowest BCUT2D eigenvalue weighted by atomic mass is 9.86. The molecule has 0 spiro atoms. The highest BCUT2D eigenvalue weighted by Gasteiger charge is 2.50. The van der Waals surface area contributed by atoms with Gasteiger partial charge in [-0.25, -0.2) is 0 Å². The van der Waals surface area contributed by atoms with Crippen molar-refractivity contribution in [2.24, 2.45) is 0 Å². The van der Waals surface area contributed by atoms with Gasteiger partial charge in [0, 0.05) is 45.2 Å². The molecule has 4 aliphatic heterocycles. The van der Waals surface area contributed by atoms with E-state index in [9.17, 15) is 0 Å². The third kappa shape index (κ3) is 6.87. The Kier molecular flexibility index (Phi) is 11.2. The molecule has 4 nitrogen and oxygen atoms in total. The van der Waals surface area contributed by atoms with Gasteiger partial charge >= 0.3 is 0 Å². The number of piperazine rings is 2. The summed E-state index contributed by atoms with van der Waals surface area (Å²) in [6.45, 7) is 10.2. The second-order valence-corrected chi connectivity index (χ2v) is 13.3. The minimum Gasteiger partial charge on any atom is -1.00 e. The molecule has 0 amide bonds. The first-order valence-corrected chi connectivity index (χ1v) is 15.3. The topological polar surface area (TPSA) is 6.48 Å². The highest BCUT2D eigenvalue weighted by molar-refractivity contribution is 5.15. The zero-order chi connectivity index (χ0) is 25.3. The molecular weight excluding hydrogens is 706 g/mol. The summed E-state index contributed by atoms with van der Waals surface area (Å²) in [5, 5.41) is 0. The van der Waals surface area contributed by atoms with Gasteiger partial charge in [0.15, 0.2) is 0 Å². The molecule has 0 aromatic heterocycles. The molecule has 4 aliphatic rings. The summed E-state index contributed by atoms with van der Waals surface area (Å²) >= 11 is 0. The third-order valence-electron chi connectivity index (χ3n) is 11.1. The molecule has 0 aliphatic carbocycles. The summed E-state index contributed by atoms with van der Waals surface area (Å²) in [6, 6.07) is 25.6. The van der Waals surface area contributed by atoms with E-state index in [1.807, 2.05) is 0 Å². The predicted molar refractivity (Wildman–Crippen MR) is 153 cm³/mol. The Labute approximate surface area is 272 Å². The Balaban J connectivity index is 0.00000176. The SMILES string of the molecule is C[N+]1(CCC[N+]2(C)C3CCCC2CN(Cc2ccccc2)C3)C2CCCC1CN(Cc1ccccc1)C2.[I-].[I-]. The van der Waals surface area contributed by atoms with Crippen molar-refractivity contribution in [3.05, 3.63) is 71.8 Å². The van der Waals surface area contributed by atoms with Crippen LogP contribution in [0.4, 0.5) is 0 Å². The number of quaternary nitrogens is 2. The minimum atomic E-state index is 0. The lowest BCUT2D eigenvalue weighted by Crippen LogP contribution is -3.00. The van der Waals surface area contributed by atoms with Crippen molar-refractivity contribution in [3.8, 4) is 0 Å². The van der Waals surface area contributed by atoms with Crippen molar-refractivity contribution in [2.75, 3.05) is 53.4 Å². The van der Waals surface area contributed by atoms with Crippen LogP contribution in [0.5, 0.6) is 0 Å². The Bertz CT molecular complexity index is 909. The molecular formula is C33H50I2N4. The molecule has 0 radical (unpaired) electrons. The van der Waals surface area contributed by atoms with E-state index >= 15 is 0 Å². The molecule has 0 saturated carbocycles. The zero-order valence-electron chi connectivity index (χ0n) is 24.2. The second-order valence-electron chi connectivity index (χ2n) is 13.3. The molecule has 2 aromatic rings. The van der Waals surface area contributed by atoms with E-state index in [-0.39, 0.29) is 48.0 Å². The van der Waals surface area contributed by atoms with Gasteiger partial charge in [0.25, 0.3) is 0 Å².